The fourth-order valence-electron chi connectivity index (χ4n) is 1.50. The number of nitrogens with zero attached hydrogens (tertiary/aromatic N) is 1. The van der Waals surface area contributed by atoms with Crippen LogP contribution in [0.1, 0.15) is 17.0 Å². The first-order valence-electron chi connectivity index (χ1n) is 5.71. The van der Waals surface area contributed by atoms with Gasteiger partial charge in [-0.3, -0.25) is 4.79 Å². The maximum Gasteiger partial charge on any atom is 0.289 e. The van der Waals surface area contributed by atoms with Crippen molar-refractivity contribution in [3.63, 3.8) is 0 Å². The summed E-state index contributed by atoms with van der Waals surface area (Å²) < 4.78 is 15.8. The Morgan fingerprint density at radius 2 is 2.00 bits per heavy atom. The fraction of sp³-hybridized carbons (Fsp3) is 0.583. The molecule has 1 aromatic rings. The van der Waals surface area contributed by atoms with Crippen LogP contribution in [0.2, 0.25) is 0 Å². The molecule has 5 nitrogen and oxygen atoms in total. The fourth-order valence-corrected chi connectivity index (χ4v) is 1.81. The predicted octanol–water partition coefficient (Wildman–Crippen LogP) is 2.17. The Bertz CT molecular complexity index is 367. The van der Waals surface area contributed by atoms with E-state index < -0.39 is 0 Å². The quantitative estimate of drug-likeness (QED) is 0.689. The number of carbonyl (C=O) groups excluding carboxylic acids is 1. The summed E-state index contributed by atoms with van der Waals surface area (Å²) in [4.78, 5) is 13.9. The van der Waals surface area contributed by atoms with Crippen molar-refractivity contribution in [3.8, 4) is 0 Å². The van der Waals surface area contributed by atoms with Gasteiger partial charge < -0.3 is 18.8 Å². The van der Waals surface area contributed by atoms with Gasteiger partial charge in [-0.25, -0.2) is 0 Å². The van der Waals surface area contributed by atoms with E-state index in [2.05, 4.69) is 15.9 Å². The molecule has 0 aromatic carbocycles. The summed E-state index contributed by atoms with van der Waals surface area (Å²) >= 11 is 3.18. The van der Waals surface area contributed by atoms with Crippen LogP contribution < -0.4 is 0 Å². The molecule has 0 bridgehead atoms. The highest BCUT2D eigenvalue weighted by Crippen LogP contribution is 2.16. The SMILES string of the molecule is COCCCN(CCOC)C(=O)c1ccc(Br)o1. The standard InChI is InChI=1S/C12H18BrNO4/c1-16-8-3-6-14(7-9-17-2)12(15)10-4-5-11(13)18-10/h4-5H,3,6-9H2,1-2H3. The smallest absolute Gasteiger partial charge is 0.289 e. The first kappa shape index (κ1) is 15.2. The molecular formula is C12H18BrNO4. The van der Waals surface area contributed by atoms with E-state index in [1.54, 1.807) is 31.3 Å². The highest BCUT2D eigenvalue weighted by molar-refractivity contribution is 9.10. The lowest BCUT2D eigenvalue weighted by Crippen LogP contribution is -2.35. The zero-order chi connectivity index (χ0) is 13.4. The van der Waals surface area contributed by atoms with Crippen molar-refractivity contribution in [2.45, 2.75) is 6.42 Å². The van der Waals surface area contributed by atoms with Crippen molar-refractivity contribution in [1.29, 1.82) is 0 Å². The van der Waals surface area contributed by atoms with Crippen molar-refractivity contribution in [2.75, 3.05) is 40.5 Å². The Balaban J connectivity index is 2.59. The van der Waals surface area contributed by atoms with Gasteiger partial charge in [-0.05, 0) is 34.5 Å². The molecule has 1 rings (SSSR count). The van der Waals surface area contributed by atoms with Crippen LogP contribution in [0.15, 0.2) is 21.2 Å². The number of methoxy groups -OCH3 is 2. The Labute approximate surface area is 115 Å². The van der Waals surface area contributed by atoms with Gasteiger partial charge >= 0.3 is 0 Å². The minimum Gasteiger partial charge on any atom is -0.444 e. The highest BCUT2D eigenvalue weighted by atomic mass is 79.9. The second-order valence-corrected chi connectivity index (χ2v) is 4.52. The minimum atomic E-state index is -0.131. The van der Waals surface area contributed by atoms with E-state index in [1.165, 1.54) is 0 Å². The topological polar surface area (TPSA) is 51.9 Å². The summed E-state index contributed by atoms with van der Waals surface area (Å²) in [7, 11) is 3.26. The van der Waals surface area contributed by atoms with E-state index in [9.17, 15) is 4.79 Å². The first-order chi connectivity index (χ1) is 8.69. The van der Waals surface area contributed by atoms with Crippen molar-refractivity contribution in [2.24, 2.45) is 0 Å². The summed E-state index contributed by atoms with van der Waals surface area (Å²) in [6, 6.07) is 3.36. The Hall–Kier alpha value is -0.850. The van der Waals surface area contributed by atoms with Crippen LogP contribution in [-0.4, -0.2) is 51.3 Å². The predicted molar refractivity (Wildman–Crippen MR) is 70.7 cm³/mol. The molecule has 0 aliphatic carbocycles. The molecule has 0 saturated heterocycles. The zero-order valence-electron chi connectivity index (χ0n) is 10.6. The molecule has 1 heterocycles. The molecule has 0 N–H and O–H groups in total. The van der Waals surface area contributed by atoms with Crippen molar-refractivity contribution >= 4 is 21.8 Å². The van der Waals surface area contributed by atoms with E-state index in [0.717, 1.165) is 6.42 Å². The number of rotatable bonds is 8. The van der Waals surface area contributed by atoms with Crippen LogP contribution in [0.5, 0.6) is 0 Å². The van der Waals surface area contributed by atoms with Gasteiger partial charge in [0.05, 0.1) is 6.61 Å². The van der Waals surface area contributed by atoms with Crippen molar-refractivity contribution in [3.05, 3.63) is 22.6 Å². The maximum atomic E-state index is 12.2. The summed E-state index contributed by atoms with van der Waals surface area (Å²) in [5.41, 5.74) is 0. The molecule has 1 amide bonds. The van der Waals surface area contributed by atoms with Crippen molar-refractivity contribution in [1.82, 2.24) is 4.90 Å². The lowest BCUT2D eigenvalue weighted by atomic mass is 10.3. The van der Waals surface area contributed by atoms with E-state index in [0.29, 0.717) is 36.7 Å². The second-order valence-electron chi connectivity index (χ2n) is 3.74. The number of hydrogen-bond donors (Lipinski definition) is 0. The number of halogens is 1. The van der Waals surface area contributed by atoms with Gasteiger partial charge in [-0.1, -0.05) is 0 Å². The molecule has 0 atom stereocenters. The number of carbonyl (C=O) groups is 1. The van der Waals surface area contributed by atoms with Gasteiger partial charge in [-0.2, -0.15) is 0 Å². The Kier molecular flexibility index (Phi) is 7.00. The van der Waals surface area contributed by atoms with E-state index in [1.807, 2.05) is 0 Å². The molecular weight excluding hydrogens is 302 g/mol. The van der Waals surface area contributed by atoms with Gasteiger partial charge in [0.15, 0.2) is 10.4 Å². The van der Waals surface area contributed by atoms with E-state index in [4.69, 9.17) is 13.9 Å². The van der Waals surface area contributed by atoms with Crippen LogP contribution in [0.3, 0.4) is 0 Å². The lowest BCUT2D eigenvalue weighted by molar-refractivity contribution is 0.0642. The number of hydrogen-bond acceptors (Lipinski definition) is 4. The number of ether oxygens (including phenoxy) is 2. The lowest BCUT2D eigenvalue weighted by Gasteiger charge is -2.21. The number of amides is 1. The van der Waals surface area contributed by atoms with Crippen molar-refractivity contribution < 1.29 is 18.7 Å². The molecule has 6 heteroatoms. The Morgan fingerprint density at radius 3 is 2.56 bits per heavy atom. The van der Waals surface area contributed by atoms with E-state index in [-0.39, 0.29) is 5.91 Å². The summed E-state index contributed by atoms with van der Waals surface area (Å²) in [6.45, 7) is 2.28. The minimum absolute atomic E-state index is 0.131. The molecule has 0 spiro atoms. The largest absolute Gasteiger partial charge is 0.444 e. The summed E-state index contributed by atoms with van der Waals surface area (Å²) in [5, 5.41) is 0. The van der Waals surface area contributed by atoms with Crippen LogP contribution >= 0.6 is 15.9 Å². The third-order valence-corrected chi connectivity index (χ3v) is 2.84. The molecule has 0 radical (unpaired) electrons. The Morgan fingerprint density at radius 1 is 1.28 bits per heavy atom. The van der Waals surface area contributed by atoms with Crippen LogP contribution in [0, 0.1) is 0 Å². The summed E-state index contributed by atoms with van der Waals surface area (Å²) in [5.74, 6) is 0.198. The number of furan rings is 1. The molecule has 1 aromatic heterocycles. The van der Waals surface area contributed by atoms with Gasteiger partial charge in [0.1, 0.15) is 0 Å². The average molecular weight is 320 g/mol. The molecule has 0 unspecified atom stereocenters. The third kappa shape index (κ3) is 4.80. The van der Waals surface area contributed by atoms with Crippen LogP contribution in [0.4, 0.5) is 0 Å². The normalized spacial score (nSPS) is 10.6. The molecule has 0 fully saturated rings. The highest BCUT2D eigenvalue weighted by Gasteiger charge is 2.18. The second kappa shape index (κ2) is 8.29. The average Bonchev–Trinajstić information content (AvgIpc) is 2.79. The van der Waals surface area contributed by atoms with Crippen LogP contribution in [-0.2, 0) is 9.47 Å². The van der Waals surface area contributed by atoms with Gasteiger partial charge in [0.25, 0.3) is 5.91 Å². The van der Waals surface area contributed by atoms with E-state index >= 15 is 0 Å². The molecule has 0 aliphatic rings. The molecule has 0 aliphatic heterocycles. The molecule has 18 heavy (non-hydrogen) atoms. The van der Waals surface area contributed by atoms with Gasteiger partial charge in [0, 0.05) is 33.9 Å². The maximum absolute atomic E-state index is 12.2. The molecule has 0 saturated carbocycles. The van der Waals surface area contributed by atoms with Gasteiger partial charge in [-0.15, -0.1) is 0 Å². The van der Waals surface area contributed by atoms with Gasteiger partial charge in [0.2, 0.25) is 0 Å². The first-order valence-corrected chi connectivity index (χ1v) is 6.50. The summed E-state index contributed by atoms with van der Waals surface area (Å²) in [6.07, 6.45) is 0.786. The monoisotopic (exact) mass is 319 g/mol. The third-order valence-electron chi connectivity index (χ3n) is 2.41. The zero-order valence-corrected chi connectivity index (χ0v) is 12.2. The molecule has 102 valence electrons. The van der Waals surface area contributed by atoms with Crippen LogP contribution in [0.25, 0.3) is 0 Å².